The first-order valence-electron chi connectivity index (χ1n) is 9.12. The molecule has 4 rings (SSSR count). The van der Waals surface area contributed by atoms with Crippen LogP contribution in [-0.4, -0.2) is 27.3 Å². The lowest BCUT2D eigenvalue weighted by Crippen LogP contribution is -2.11. The summed E-state index contributed by atoms with van der Waals surface area (Å²) in [5.74, 6) is 1.91. The van der Waals surface area contributed by atoms with E-state index >= 15 is 0 Å². The van der Waals surface area contributed by atoms with Crippen molar-refractivity contribution in [3.63, 3.8) is 0 Å². The Hall–Kier alpha value is -2.36. The first kappa shape index (κ1) is 19.0. The third-order valence-electron chi connectivity index (χ3n) is 4.27. The molecule has 2 N–H and O–H groups in total. The number of aryl methyl sites for hydroxylation is 1. The Bertz CT molecular complexity index is 671. The quantitative estimate of drug-likeness (QED) is 0.827. The number of benzene rings is 2. The second kappa shape index (κ2) is 9.82. The number of hydrogen-bond acceptors (Lipinski definition) is 4. The van der Waals surface area contributed by atoms with Gasteiger partial charge in [0.05, 0.1) is 14.2 Å². The van der Waals surface area contributed by atoms with E-state index in [9.17, 15) is 0 Å². The van der Waals surface area contributed by atoms with E-state index in [0.717, 1.165) is 31.0 Å². The predicted octanol–water partition coefficient (Wildman–Crippen LogP) is 4.74. The summed E-state index contributed by atoms with van der Waals surface area (Å²) in [6, 6.07) is 12.3. The number of rotatable bonds is 2. The van der Waals surface area contributed by atoms with Crippen molar-refractivity contribution < 1.29 is 9.47 Å². The molecule has 4 nitrogen and oxygen atoms in total. The van der Waals surface area contributed by atoms with Crippen LogP contribution >= 0.6 is 0 Å². The average Bonchev–Trinajstić information content (AvgIpc) is 3.17. The van der Waals surface area contributed by atoms with Gasteiger partial charge in [0.25, 0.3) is 0 Å². The van der Waals surface area contributed by atoms with E-state index in [1.54, 1.807) is 14.2 Å². The molecule has 0 atom stereocenters. The van der Waals surface area contributed by atoms with Gasteiger partial charge in [0.15, 0.2) is 0 Å². The van der Waals surface area contributed by atoms with Gasteiger partial charge >= 0.3 is 0 Å². The first-order valence-corrected chi connectivity index (χ1v) is 9.12. The molecule has 0 saturated carbocycles. The van der Waals surface area contributed by atoms with Crippen LogP contribution in [0.5, 0.6) is 11.5 Å². The fourth-order valence-electron chi connectivity index (χ4n) is 2.99. The Labute approximate surface area is 151 Å². The van der Waals surface area contributed by atoms with Gasteiger partial charge in [-0.25, -0.2) is 0 Å². The molecule has 136 valence electrons. The maximum absolute atomic E-state index is 5.15. The molecule has 0 bridgehead atoms. The summed E-state index contributed by atoms with van der Waals surface area (Å²) in [6.07, 6.45) is 3.51. The van der Waals surface area contributed by atoms with Crippen LogP contribution in [0.2, 0.25) is 0 Å². The van der Waals surface area contributed by atoms with Gasteiger partial charge in [0.2, 0.25) is 0 Å². The highest BCUT2D eigenvalue weighted by Gasteiger charge is 2.09. The molecule has 2 heterocycles. The molecule has 0 spiro atoms. The molecule has 0 fully saturated rings. The predicted molar refractivity (Wildman–Crippen MR) is 106 cm³/mol. The Morgan fingerprint density at radius 2 is 1.24 bits per heavy atom. The second-order valence-electron chi connectivity index (χ2n) is 5.75. The molecule has 2 aliphatic heterocycles. The molecule has 0 amide bonds. The maximum Gasteiger partial charge on any atom is 0.119 e. The van der Waals surface area contributed by atoms with Crippen molar-refractivity contribution in [1.82, 2.24) is 0 Å². The van der Waals surface area contributed by atoms with Gasteiger partial charge in [0, 0.05) is 24.5 Å². The van der Waals surface area contributed by atoms with E-state index in [1.807, 2.05) is 26.0 Å². The Balaban J connectivity index is 0.000000165. The van der Waals surface area contributed by atoms with Gasteiger partial charge in [-0.3, -0.25) is 0 Å². The smallest absolute Gasteiger partial charge is 0.119 e. The van der Waals surface area contributed by atoms with Crippen molar-refractivity contribution in [2.75, 3.05) is 37.9 Å². The zero-order valence-corrected chi connectivity index (χ0v) is 15.8. The molecule has 0 radical (unpaired) electrons. The van der Waals surface area contributed by atoms with Gasteiger partial charge in [-0.2, -0.15) is 0 Å². The van der Waals surface area contributed by atoms with Crippen LogP contribution in [0, 0.1) is 0 Å². The lowest BCUT2D eigenvalue weighted by molar-refractivity contribution is 0.414. The van der Waals surface area contributed by atoms with Crippen LogP contribution in [0.4, 0.5) is 11.4 Å². The summed E-state index contributed by atoms with van der Waals surface area (Å²) in [5, 5.41) is 6.65. The van der Waals surface area contributed by atoms with Crippen LogP contribution in [-0.2, 0) is 12.8 Å². The molecular formula is C21H30N2O2. The summed E-state index contributed by atoms with van der Waals surface area (Å²) >= 11 is 0. The van der Waals surface area contributed by atoms with Crippen LogP contribution in [0.25, 0.3) is 0 Å². The third kappa shape index (κ3) is 5.05. The number of ether oxygens (including phenoxy) is 2. The van der Waals surface area contributed by atoms with E-state index in [2.05, 4.69) is 34.9 Å². The molecular weight excluding hydrogens is 312 g/mol. The van der Waals surface area contributed by atoms with Crippen LogP contribution in [0.3, 0.4) is 0 Å². The van der Waals surface area contributed by atoms with Gasteiger partial charge in [-0.1, -0.05) is 13.8 Å². The highest BCUT2D eigenvalue weighted by Crippen LogP contribution is 2.26. The molecule has 4 heteroatoms. The van der Waals surface area contributed by atoms with Crippen molar-refractivity contribution in [1.29, 1.82) is 0 Å². The normalized spacial score (nSPS) is 13.4. The second-order valence-corrected chi connectivity index (χ2v) is 5.75. The summed E-state index contributed by atoms with van der Waals surface area (Å²) in [5.41, 5.74) is 5.26. The van der Waals surface area contributed by atoms with E-state index in [4.69, 9.17) is 9.47 Å². The average molecular weight is 342 g/mol. The Kier molecular flexibility index (Phi) is 7.45. The van der Waals surface area contributed by atoms with E-state index in [0.29, 0.717) is 0 Å². The summed E-state index contributed by atoms with van der Waals surface area (Å²) < 4.78 is 10.3. The number of hydrogen-bond donors (Lipinski definition) is 2. The topological polar surface area (TPSA) is 42.5 Å². The molecule has 0 unspecified atom stereocenters. The largest absolute Gasteiger partial charge is 0.497 e. The van der Waals surface area contributed by atoms with Crippen molar-refractivity contribution in [2.24, 2.45) is 0 Å². The Morgan fingerprint density at radius 1 is 0.720 bits per heavy atom. The zero-order valence-electron chi connectivity index (χ0n) is 15.8. The van der Waals surface area contributed by atoms with Gasteiger partial charge in [-0.15, -0.1) is 0 Å². The van der Waals surface area contributed by atoms with E-state index < -0.39 is 0 Å². The van der Waals surface area contributed by atoms with Crippen molar-refractivity contribution in [3.8, 4) is 11.5 Å². The van der Waals surface area contributed by atoms with Gasteiger partial charge in [0.1, 0.15) is 11.5 Å². The minimum absolute atomic E-state index is 0.951. The molecule has 2 aromatic carbocycles. The minimum Gasteiger partial charge on any atom is -0.497 e. The fourth-order valence-corrected chi connectivity index (χ4v) is 2.99. The van der Waals surface area contributed by atoms with E-state index in [-0.39, 0.29) is 0 Å². The molecule has 0 saturated heterocycles. The standard InChI is InChI=1S/C10H13NO.C9H11NO.C2H6/c1-12-9-4-5-10-8(7-9)3-2-6-11-10;1-11-8-2-3-9-7(6-8)4-5-10-9;1-2/h4-5,7,11H,2-3,6H2,1H3;2-3,6,10H,4-5H2,1H3;1-2H3. The van der Waals surface area contributed by atoms with Crippen LogP contribution in [0.15, 0.2) is 36.4 Å². The first-order chi connectivity index (χ1) is 12.3. The highest BCUT2D eigenvalue weighted by atomic mass is 16.5. The molecule has 0 aliphatic carbocycles. The molecule has 25 heavy (non-hydrogen) atoms. The van der Waals surface area contributed by atoms with Crippen LogP contribution in [0.1, 0.15) is 31.4 Å². The molecule has 0 aromatic heterocycles. The minimum atomic E-state index is 0.951. The van der Waals surface area contributed by atoms with Crippen molar-refractivity contribution in [3.05, 3.63) is 47.5 Å². The van der Waals surface area contributed by atoms with Crippen LogP contribution < -0.4 is 20.1 Å². The summed E-state index contributed by atoms with van der Waals surface area (Å²) in [7, 11) is 3.40. The maximum atomic E-state index is 5.15. The monoisotopic (exact) mass is 342 g/mol. The zero-order chi connectivity index (χ0) is 18.1. The van der Waals surface area contributed by atoms with Crippen molar-refractivity contribution >= 4 is 11.4 Å². The number of fused-ring (bicyclic) bond motifs is 2. The highest BCUT2D eigenvalue weighted by molar-refractivity contribution is 5.58. The van der Waals surface area contributed by atoms with Gasteiger partial charge in [-0.05, 0) is 66.8 Å². The summed E-state index contributed by atoms with van der Waals surface area (Å²) in [4.78, 5) is 0. The lowest BCUT2D eigenvalue weighted by Gasteiger charge is -2.18. The number of anilines is 2. The SMILES string of the molecule is CC.COc1ccc2c(c1)CCCN2.COc1ccc2c(c1)CCN2. The Morgan fingerprint density at radius 3 is 1.80 bits per heavy atom. The van der Waals surface area contributed by atoms with Gasteiger partial charge < -0.3 is 20.1 Å². The summed E-state index contributed by atoms with van der Waals surface area (Å²) in [6.45, 7) is 6.15. The number of methoxy groups -OCH3 is 2. The fraction of sp³-hybridized carbons (Fsp3) is 0.429. The molecule has 2 aromatic rings. The number of nitrogens with one attached hydrogen (secondary N) is 2. The third-order valence-corrected chi connectivity index (χ3v) is 4.27. The molecule has 2 aliphatic rings. The lowest BCUT2D eigenvalue weighted by atomic mass is 10.0. The van der Waals surface area contributed by atoms with Crippen molar-refractivity contribution in [2.45, 2.75) is 33.1 Å². The van der Waals surface area contributed by atoms with E-state index in [1.165, 1.54) is 35.3 Å².